The first-order chi connectivity index (χ1) is 7.60. The maximum Gasteiger partial charge on any atom is 0.339 e. The van der Waals surface area contributed by atoms with E-state index in [0.717, 1.165) is 5.69 Å². The molecule has 1 heterocycles. The number of carboxylic acids is 1. The van der Waals surface area contributed by atoms with Crippen LogP contribution in [0.3, 0.4) is 0 Å². The molecule has 0 atom stereocenters. The van der Waals surface area contributed by atoms with Gasteiger partial charge in [0.05, 0.1) is 0 Å². The minimum absolute atomic E-state index is 0.231. The summed E-state index contributed by atoms with van der Waals surface area (Å²) in [6.45, 7) is 8.74. The van der Waals surface area contributed by atoms with Crippen LogP contribution in [-0.2, 0) is 0 Å². The zero-order valence-corrected chi connectivity index (χ0v) is 9.60. The van der Waals surface area contributed by atoms with Crippen molar-refractivity contribution in [3.8, 4) is 0 Å². The fourth-order valence-electron chi connectivity index (χ4n) is 1.47. The third kappa shape index (κ3) is 2.59. The second-order valence-electron chi connectivity index (χ2n) is 3.46. The Bertz CT molecular complexity index is 402. The van der Waals surface area contributed by atoms with Crippen molar-refractivity contribution in [1.82, 2.24) is 4.98 Å². The topological polar surface area (TPSA) is 53.4 Å². The van der Waals surface area contributed by atoms with Crippen molar-refractivity contribution >= 4 is 11.8 Å². The molecule has 16 heavy (non-hydrogen) atoms. The minimum Gasteiger partial charge on any atom is -0.478 e. The number of nitrogens with zero attached hydrogens (tertiary/aromatic N) is 2. The van der Waals surface area contributed by atoms with Crippen LogP contribution in [0.2, 0.25) is 0 Å². The molecule has 0 bridgehead atoms. The molecule has 1 rings (SSSR count). The van der Waals surface area contributed by atoms with E-state index < -0.39 is 5.97 Å². The maximum atomic E-state index is 11.1. The van der Waals surface area contributed by atoms with Gasteiger partial charge in [0.25, 0.3) is 0 Å². The lowest BCUT2D eigenvalue weighted by Crippen LogP contribution is -2.26. The number of carbonyl (C=O) groups is 1. The number of hydrogen-bond acceptors (Lipinski definition) is 3. The standard InChI is InChI=1S/C12H16N2O2/c1-4-8-14(5-2)11-10(12(15)16)7-6-9(3)13-11/h4,6-7H,1,5,8H2,2-3H3,(H,15,16). The number of rotatable bonds is 5. The van der Waals surface area contributed by atoms with Crippen molar-refractivity contribution in [1.29, 1.82) is 0 Å². The highest BCUT2D eigenvalue weighted by molar-refractivity contribution is 5.93. The molecule has 0 aromatic carbocycles. The van der Waals surface area contributed by atoms with E-state index in [1.807, 2.05) is 18.7 Å². The molecule has 0 saturated heterocycles. The summed E-state index contributed by atoms with van der Waals surface area (Å²) in [5, 5.41) is 9.08. The molecule has 0 aliphatic carbocycles. The van der Waals surface area contributed by atoms with Crippen LogP contribution in [0.15, 0.2) is 24.8 Å². The zero-order chi connectivity index (χ0) is 12.1. The van der Waals surface area contributed by atoms with E-state index in [0.29, 0.717) is 18.9 Å². The van der Waals surface area contributed by atoms with Crippen LogP contribution < -0.4 is 4.90 Å². The Balaban J connectivity index is 3.21. The molecule has 1 aromatic heterocycles. The quantitative estimate of drug-likeness (QED) is 0.772. The lowest BCUT2D eigenvalue weighted by Gasteiger charge is -2.22. The van der Waals surface area contributed by atoms with Crippen molar-refractivity contribution in [3.05, 3.63) is 36.0 Å². The van der Waals surface area contributed by atoms with Crippen molar-refractivity contribution < 1.29 is 9.90 Å². The molecule has 4 heteroatoms. The summed E-state index contributed by atoms with van der Waals surface area (Å²) in [6, 6.07) is 3.29. The number of aromatic nitrogens is 1. The summed E-state index contributed by atoms with van der Waals surface area (Å²) in [4.78, 5) is 17.2. The molecule has 0 radical (unpaired) electrons. The van der Waals surface area contributed by atoms with Crippen LogP contribution in [0, 0.1) is 6.92 Å². The van der Waals surface area contributed by atoms with E-state index in [4.69, 9.17) is 5.11 Å². The van der Waals surface area contributed by atoms with Crippen molar-refractivity contribution in [2.24, 2.45) is 0 Å². The van der Waals surface area contributed by atoms with Gasteiger partial charge in [-0.15, -0.1) is 6.58 Å². The Morgan fingerprint density at radius 2 is 2.31 bits per heavy atom. The lowest BCUT2D eigenvalue weighted by atomic mass is 10.2. The van der Waals surface area contributed by atoms with E-state index in [-0.39, 0.29) is 5.56 Å². The molecule has 4 nitrogen and oxygen atoms in total. The predicted octanol–water partition coefficient (Wildman–Crippen LogP) is 2.10. The molecular weight excluding hydrogens is 204 g/mol. The summed E-state index contributed by atoms with van der Waals surface area (Å²) in [5.74, 6) is -0.445. The van der Waals surface area contributed by atoms with E-state index in [1.165, 1.54) is 0 Å². The molecule has 0 amide bonds. The number of anilines is 1. The third-order valence-electron chi connectivity index (χ3n) is 2.28. The maximum absolute atomic E-state index is 11.1. The SMILES string of the molecule is C=CCN(CC)c1nc(C)ccc1C(=O)O. The summed E-state index contributed by atoms with van der Waals surface area (Å²) < 4.78 is 0. The van der Waals surface area contributed by atoms with Gasteiger partial charge in [0, 0.05) is 18.8 Å². The van der Waals surface area contributed by atoms with Gasteiger partial charge in [0.2, 0.25) is 0 Å². The van der Waals surface area contributed by atoms with Gasteiger partial charge >= 0.3 is 5.97 Å². The summed E-state index contributed by atoms with van der Waals surface area (Å²) in [7, 11) is 0. The number of hydrogen-bond donors (Lipinski definition) is 1. The summed E-state index contributed by atoms with van der Waals surface area (Å²) in [5.41, 5.74) is 1.04. The highest BCUT2D eigenvalue weighted by atomic mass is 16.4. The molecule has 86 valence electrons. The minimum atomic E-state index is -0.954. The van der Waals surface area contributed by atoms with Crippen LogP contribution in [0.25, 0.3) is 0 Å². The highest BCUT2D eigenvalue weighted by Crippen LogP contribution is 2.18. The van der Waals surface area contributed by atoms with Gasteiger partial charge < -0.3 is 10.0 Å². The average molecular weight is 220 g/mol. The van der Waals surface area contributed by atoms with Gasteiger partial charge in [-0.05, 0) is 26.0 Å². The Labute approximate surface area is 95.2 Å². The van der Waals surface area contributed by atoms with Crippen LogP contribution in [0.5, 0.6) is 0 Å². The molecule has 1 aromatic rings. The van der Waals surface area contributed by atoms with Gasteiger partial charge in [0.15, 0.2) is 0 Å². The number of aromatic carboxylic acids is 1. The predicted molar refractivity (Wildman–Crippen MR) is 64.0 cm³/mol. The van der Waals surface area contributed by atoms with Crippen molar-refractivity contribution in [2.45, 2.75) is 13.8 Å². The average Bonchev–Trinajstić information content (AvgIpc) is 2.25. The van der Waals surface area contributed by atoms with Gasteiger partial charge in [-0.3, -0.25) is 0 Å². The molecule has 0 fully saturated rings. The zero-order valence-electron chi connectivity index (χ0n) is 9.60. The van der Waals surface area contributed by atoms with E-state index in [2.05, 4.69) is 11.6 Å². The fourth-order valence-corrected chi connectivity index (χ4v) is 1.47. The first-order valence-corrected chi connectivity index (χ1v) is 5.17. The van der Waals surface area contributed by atoms with Crippen LogP contribution in [0.1, 0.15) is 23.0 Å². The lowest BCUT2D eigenvalue weighted by molar-refractivity contribution is 0.0697. The Kier molecular flexibility index (Phi) is 4.05. The Hall–Kier alpha value is -1.84. The molecule has 0 aliphatic heterocycles. The van der Waals surface area contributed by atoms with E-state index in [9.17, 15) is 4.79 Å². The normalized spacial score (nSPS) is 9.88. The van der Waals surface area contributed by atoms with Crippen LogP contribution >= 0.6 is 0 Å². The molecule has 0 unspecified atom stereocenters. The number of likely N-dealkylation sites (N-methyl/N-ethyl adjacent to an activating group) is 1. The molecular formula is C12H16N2O2. The van der Waals surface area contributed by atoms with Crippen LogP contribution in [0.4, 0.5) is 5.82 Å². The fraction of sp³-hybridized carbons (Fsp3) is 0.333. The van der Waals surface area contributed by atoms with E-state index in [1.54, 1.807) is 18.2 Å². The van der Waals surface area contributed by atoms with Gasteiger partial charge in [-0.2, -0.15) is 0 Å². The summed E-state index contributed by atoms with van der Waals surface area (Å²) >= 11 is 0. The second kappa shape index (κ2) is 5.30. The smallest absolute Gasteiger partial charge is 0.339 e. The highest BCUT2D eigenvalue weighted by Gasteiger charge is 2.15. The second-order valence-corrected chi connectivity index (χ2v) is 3.46. The summed E-state index contributed by atoms with van der Waals surface area (Å²) in [6.07, 6.45) is 1.74. The van der Waals surface area contributed by atoms with Gasteiger partial charge in [-0.25, -0.2) is 9.78 Å². The van der Waals surface area contributed by atoms with Crippen molar-refractivity contribution in [3.63, 3.8) is 0 Å². The van der Waals surface area contributed by atoms with Gasteiger partial charge in [-0.1, -0.05) is 6.08 Å². The monoisotopic (exact) mass is 220 g/mol. The first-order valence-electron chi connectivity index (χ1n) is 5.17. The molecule has 1 N–H and O–H groups in total. The molecule has 0 spiro atoms. The van der Waals surface area contributed by atoms with Gasteiger partial charge in [0.1, 0.15) is 11.4 Å². The number of pyridine rings is 1. The first kappa shape index (κ1) is 12.2. The molecule has 0 saturated carbocycles. The number of carboxylic acid groups (broad SMARTS) is 1. The van der Waals surface area contributed by atoms with E-state index >= 15 is 0 Å². The largest absolute Gasteiger partial charge is 0.478 e. The van der Waals surface area contributed by atoms with Crippen molar-refractivity contribution in [2.75, 3.05) is 18.0 Å². The Morgan fingerprint density at radius 1 is 1.62 bits per heavy atom. The molecule has 0 aliphatic rings. The number of aryl methyl sites for hydroxylation is 1. The Morgan fingerprint density at radius 3 is 2.81 bits per heavy atom. The van der Waals surface area contributed by atoms with Crippen LogP contribution in [-0.4, -0.2) is 29.1 Å². The third-order valence-corrected chi connectivity index (χ3v) is 2.28.